The van der Waals surface area contributed by atoms with Crippen molar-refractivity contribution in [1.82, 2.24) is 0 Å². The molecule has 0 aliphatic heterocycles. The third-order valence-corrected chi connectivity index (χ3v) is 23.1. The van der Waals surface area contributed by atoms with Crippen LogP contribution in [0.2, 0.25) is 0 Å². The Hall–Kier alpha value is -7.81. The number of phenols is 2. The minimum atomic E-state index is -1.60. The molecule has 8 aliphatic rings. The van der Waals surface area contributed by atoms with Gasteiger partial charge in [-0.2, -0.15) is 0 Å². The Kier molecular flexibility index (Phi) is 15.5. The Balaban J connectivity index is 0.000000182. The zero-order valence-corrected chi connectivity index (χ0v) is 52.2. The second-order valence-corrected chi connectivity index (χ2v) is 28.3. The van der Waals surface area contributed by atoms with Crippen molar-refractivity contribution in [3.63, 3.8) is 0 Å². The van der Waals surface area contributed by atoms with Crippen LogP contribution in [0.4, 0.5) is 0 Å². The van der Waals surface area contributed by atoms with E-state index in [1.165, 1.54) is 86.0 Å². The normalized spacial score (nSPS) is 33.1. The van der Waals surface area contributed by atoms with Crippen LogP contribution in [0.1, 0.15) is 144 Å². The number of ether oxygens (including phenoxy) is 2. The van der Waals surface area contributed by atoms with E-state index in [-0.39, 0.29) is 91.4 Å². The van der Waals surface area contributed by atoms with Crippen molar-refractivity contribution in [2.24, 2.45) is 69.0 Å². The number of carbonyl (C=O) groups excluding carboxylic acids is 3. The fraction of sp³-hybridized carbons (Fsp3) is 0.493. The molecular weight excluding hydrogens is 1120 g/mol. The number of aromatic hydroxyl groups is 2. The largest absolute Gasteiger partial charge is 0.508 e. The topological polar surface area (TPSA) is 245 Å². The van der Waals surface area contributed by atoms with Crippen molar-refractivity contribution in [1.29, 1.82) is 0 Å². The highest BCUT2D eigenvalue weighted by Crippen LogP contribution is 2.66. The van der Waals surface area contributed by atoms with Gasteiger partial charge in [0.05, 0.1) is 36.8 Å². The molecule has 464 valence electrons. The third-order valence-electron chi connectivity index (χ3n) is 23.1. The van der Waals surface area contributed by atoms with Gasteiger partial charge in [0, 0.05) is 60.1 Å². The second-order valence-electron chi connectivity index (χ2n) is 28.3. The summed E-state index contributed by atoms with van der Waals surface area (Å²) in [6, 6.07) is 11.3. The Morgan fingerprint density at radius 1 is 0.568 bits per heavy atom. The van der Waals surface area contributed by atoms with Crippen LogP contribution in [-0.2, 0) is 44.3 Å². The predicted molar refractivity (Wildman–Crippen MR) is 332 cm³/mol. The molecule has 8 aliphatic carbocycles. The van der Waals surface area contributed by atoms with E-state index in [1.54, 1.807) is 0 Å². The van der Waals surface area contributed by atoms with Gasteiger partial charge in [-0.05, 0) is 141 Å². The SMILES string of the molecule is C=C1C(OC)=CC(=O)[C@@]2(c3cc(=O)c4ccc(O)cc4o3)[C@@H]1CC=C(C)[C@@H]2C[C@]1(C)C(C(=O)O)CC=C2[C@H]1CCCC2(C)C.COC1=CC(=O)[C@@]2(c3cc(=O)c4ccc(O)cc4o3)[C@H](C[C@]3(C)C(C(=O)O)CC=C4[C@H]3CCCC4(C)C)C(C)=CC[C@H]2C1=O. The highest BCUT2D eigenvalue weighted by atomic mass is 16.5. The maximum atomic E-state index is 14.7. The van der Waals surface area contributed by atoms with Gasteiger partial charge in [-0.15, -0.1) is 0 Å². The van der Waals surface area contributed by atoms with Crippen molar-refractivity contribution < 1.29 is 62.7 Å². The van der Waals surface area contributed by atoms with Gasteiger partial charge in [-0.25, -0.2) is 0 Å². The number of rotatable bonds is 10. The summed E-state index contributed by atoms with van der Waals surface area (Å²) in [7, 11) is 2.86. The molecule has 15 nitrogen and oxygen atoms in total. The van der Waals surface area contributed by atoms with E-state index in [1.807, 2.05) is 26.8 Å². The molecule has 4 aromatic rings. The number of benzene rings is 2. The summed E-state index contributed by atoms with van der Waals surface area (Å²) in [5.41, 5.74) is 0.140. The standard InChI is InChI=1S/C37H42O7.C36H40O8/c1-20-9-12-24-21(2)30(43-6)18-32(40)37(24,33-17-29(39)23-11-10-22(38)16-31(23)44-33)28(20)19-36(5)26-8-7-15-35(3,4)25(26)13-14-27(36)34(41)42;1-19-8-11-24-32(40)29(43-5)17-30(39)36(24,31-16-27(38)21-10-9-20(37)15-28(21)44-31)26(19)18-35(4)23-7-6-14-34(2,3)22(23)12-13-25(35)33(41)42/h9-11,13,16-18,24,26-28,38H,2,7-8,12,14-15,19H2,1,3-6H3,(H,41,42);8-10,12,15-17,23-26,37H,6-7,11,13-14,18H2,1-5H3,(H,41,42)/t24-,26-,27?,28+,36+,37-;23-,24+,25?,26-,35+,36+/m11/s1. The molecule has 0 amide bonds. The fourth-order valence-electron chi connectivity index (χ4n) is 18.5. The summed E-state index contributed by atoms with van der Waals surface area (Å²) in [4.78, 5) is 96.2. The molecule has 0 spiro atoms. The van der Waals surface area contributed by atoms with Gasteiger partial charge in [-0.1, -0.05) is 108 Å². The fourth-order valence-corrected chi connectivity index (χ4v) is 18.5. The van der Waals surface area contributed by atoms with Gasteiger partial charge >= 0.3 is 11.9 Å². The highest BCUT2D eigenvalue weighted by molar-refractivity contribution is 6.14. The van der Waals surface area contributed by atoms with E-state index in [2.05, 4.69) is 59.4 Å². The van der Waals surface area contributed by atoms with Crippen LogP contribution in [0.25, 0.3) is 21.9 Å². The first-order valence-corrected chi connectivity index (χ1v) is 31.1. The average molecular weight is 1200 g/mol. The minimum Gasteiger partial charge on any atom is -0.508 e. The van der Waals surface area contributed by atoms with E-state index in [9.17, 15) is 54.0 Å². The summed E-state index contributed by atoms with van der Waals surface area (Å²) in [6.45, 7) is 21.4. The number of allylic oxidation sites excluding steroid dienone is 12. The molecular formula is C73H82O15. The number of aliphatic carboxylic acids is 2. The number of carboxylic acid groups (broad SMARTS) is 2. The first kappa shape index (κ1) is 61.8. The molecule has 0 saturated heterocycles. The van der Waals surface area contributed by atoms with E-state index in [0.29, 0.717) is 48.8 Å². The molecule has 88 heavy (non-hydrogen) atoms. The van der Waals surface area contributed by atoms with Gasteiger partial charge < -0.3 is 38.7 Å². The number of Topliss-reactive ketones (excluding diaryl/α,β-unsaturated/α-hetero) is 1. The summed E-state index contributed by atoms with van der Waals surface area (Å²) >= 11 is 0. The lowest BCUT2D eigenvalue weighted by Gasteiger charge is -2.57. The van der Waals surface area contributed by atoms with E-state index >= 15 is 0 Å². The lowest BCUT2D eigenvalue weighted by molar-refractivity contribution is -0.151. The molecule has 12 atom stereocenters. The van der Waals surface area contributed by atoms with Crippen molar-refractivity contribution in [3.8, 4) is 11.5 Å². The number of hydrogen-bond donors (Lipinski definition) is 4. The zero-order valence-electron chi connectivity index (χ0n) is 52.2. The number of carboxylic acids is 2. The average Bonchev–Trinajstić information content (AvgIpc) is 0.712. The highest BCUT2D eigenvalue weighted by Gasteiger charge is 2.65. The van der Waals surface area contributed by atoms with Gasteiger partial charge in [-0.3, -0.25) is 33.6 Å². The van der Waals surface area contributed by atoms with Crippen LogP contribution in [0, 0.1) is 69.0 Å². The van der Waals surface area contributed by atoms with Gasteiger partial charge in [0.25, 0.3) is 0 Å². The first-order chi connectivity index (χ1) is 41.5. The zero-order chi connectivity index (χ0) is 63.5. The molecule has 12 rings (SSSR count). The third kappa shape index (κ3) is 9.44. The van der Waals surface area contributed by atoms with Crippen LogP contribution < -0.4 is 10.9 Å². The Morgan fingerprint density at radius 3 is 1.40 bits per heavy atom. The maximum Gasteiger partial charge on any atom is 0.307 e. The van der Waals surface area contributed by atoms with Crippen LogP contribution in [-0.4, -0.2) is 63.9 Å². The number of hydrogen-bond acceptors (Lipinski definition) is 13. The molecule has 0 bridgehead atoms. The maximum absolute atomic E-state index is 14.7. The molecule has 15 heteroatoms. The molecule has 2 aromatic carbocycles. The molecule has 2 heterocycles. The van der Waals surface area contributed by atoms with E-state index < -0.39 is 80.3 Å². The molecule has 2 fully saturated rings. The Labute approximate surface area is 512 Å². The van der Waals surface area contributed by atoms with E-state index in [0.717, 1.165) is 49.7 Å². The number of fused-ring (bicyclic) bond motifs is 6. The van der Waals surface area contributed by atoms with Crippen molar-refractivity contribution in [2.45, 2.75) is 143 Å². The van der Waals surface area contributed by atoms with Crippen LogP contribution in [0.5, 0.6) is 11.5 Å². The number of carbonyl (C=O) groups is 5. The van der Waals surface area contributed by atoms with Gasteiger partial charge in [0.2, 0.25) is 5.78 Å². The summed E-state index contributed by atoms with van der Waals surface area (Å²) in [6.07, 6.45) is 19.1. The number of ketones is 3. The monoisotopic (exact) mass is 1200 g/mol. The quantitative estimate of drug-likeness (QED) is 0.108. The lowest BCUT2D eigenvalue weighted by atomic mass is 9.46. The summed E-state index contributed by atoms with van der Waals surface area (Å²) in [5.74, 6) is -6.10. The Bertz CT molecular complexity index is 3730. The lowest BCUT2D eigenvalue weighted by Crippen LogP contribution is -2.58. The van der Waals surface area contributed by atoms with Crippen LogP contribution >= 0.6 is 0 Å². The van der Waals surface area contributed by atoms with Crippen molar-refractivity contribution >= 4 is 51.2 Å². The number of phenolic OH excluding ortho intramolecular Hbond substituents is 2. The number of methoxy groups -OCH3 is 2. The predicted octanol–water partition coefficient (Wildman–Crippen LogP) is 13.5. The summed E-state index contributed by atoms with van der Waals surface area (Å²) in [5, 5.41) is 42.2. The molecule has 2 saturated carbocycles. The van der Waals surface area contributed by atoms with Crippen molar-refractivity contribution in [2.75, 3.05) is 14.2 Å². The molecule has 0 radical (unpaired) electrons. The first-order valence-electron chi connectivity index (χ1n) is 31.1. The molecule has 4 N–H and O–H groups in total. The van der Waals surface area contributed by atoms with Crippen LogP contribution in [0.3, 0.4) is 0 Å². The van der Waals surface area contributed by atoms with Crippen molar-refractivity contribution in [3.05, 3.63) is 163 Å². The molecule has 2 aromatic heterocycles. The van der Waals surface area contributed by atoms with Crippen LogP contribution in [0.15, 0.2) is 149 Å². The molecule has 2 unspecified atom stereocenters. The minimum absolute atomic E-state index is 0.0219. The second kappa shape index (κ2) is 22.0. The smallest absolute Gasteiger partial charge is 0.307 e. The Morgan fingerprint density at radius 2 is 0.977 bits per heavy atom. The van der Waals surface area contributed by atoms with Gasteiger partial charge in [0.1, 0.15) is 50.8 Å². The summed E-state index contributed by atoms with van der Waals surface area (Å²) < 4.78 is 23.8. The van der Waals surface area contributed by atoms with Gasteiger partial charge in [0.15, 0.2) is 28.2 Å². The van der Waals surface area contributed by atoms with E-state index in [4.69, 9.17) is 18.3 Å².